The van der Waals surface area contributed by atoms with E-state index in [1.165, 1.54) is 44.9 Å². The van der Waals surface area contributed by atoms with E-state index in [9.17, 15) is 4.79 Å². The molecule has 2 saturated carbocycles. The van der Waals surface area contributed by atoms with Crippen molar-refractivity contribution in [3.05, 3.63) is 0 Å². The van der Waals surface area contributed by atoms with E-state index in [-0.39, 0.29) is 0 Å². The summed E-state index contributed by atoms with van der Waals surface area (Å²) >= 11 is 0. The van der Waals surface area contributed by atoms with E-state index in [2.05, 4.69) is 10.2 Å². The summed E-state index contributed by atoms with van der Waals surface area (Å²) < 4.78 is 0. The number of fused-ring (bicyclic) bond motifs is 2. The maximum absolute atomic E-state index is 12.1. The lowest BCUT2D eigenvalue weighted by Gasteiger charge is -2.30. The van der Waals surface area contributed by atoms with Crippen LogP contribution in [0.5, 0.6) is 0 Å². The summed E-state index contributed by atoms with van der Waals surface area (Å²) in [5, 5.41) is 2.99. The number of hydrogen-bond donors (Lipinski definition) is 1. The Kier molecular flexibility index (Phi) is 3.60. The van der Waals surface area contributed by atoms with Crippen LogP contribution in [0.4, 0.5) is 0 Å². The number of carbonyl (C=O) groups is 1. The van der Waals surface area contributed by atoms with Gasteiger partial charge in [-0.2, -0.15) is 0 Å². The van der Waals surface area contributed by atoms with Gasteiger partial charge in [0.2, 0.25) is 5.91 Å². The summed E-state index contributed by atoms with van der Waals surface area (Å²) in [5.41, 5.74) is 0. The molecular weight excluding hydrogens is 224 g/mol. The molecule has 3 aliphatic rings. The quantitative estimate of drug-likeness (QED) is 0.828. The van der Waals surface area contributed by atoms with Crippen LogP contribution in [-0.4, -0.2) is 37.0 Å². The minimum absolute atomic E-state index is 0.308. The maximum Gasteiger partial charge on any atom is 0.236 e. The Labute approximate surface area is 110 Å². The molecule has 18 heavy (non-hydrogen) atoms. The van der Waals surface area contributed by atoms with Crippen molar-refractivity contribution in [2.45, 2.75) is 51.0 Å². The number of carbonyl (C=O) groups excluding carboxylic acids is 1. The highest BCUT2D eigenvalue weighted by Crippen LogP contribution is 2.50. The lowest BCUT2D eigenvalue weighted by atomic mass is 9.83. The Morgan fingerprint density at radius 2 is 2.17 bits per heavy atom. The molecule has 1 N–H and O–H groups in total. The van der Waals surface area contributed by atoms with Gasteiger partial charge in [-0.1, -0.05) is 6.42 Å². The fourth-order valence-corrected chi connectivity index (χ4v) is 4.68. The first-order valence-electron chi connectivity index (χ1n) is 7.72. The highest BCUT2D eigenvalue weighted by molar-refractivity contribution is 5.78. The average Bonchev–Trinajstić information content (AvgIpc) is 3.04. The second kappa shape index (κ2) is 5.20. The Bertz CT molecular complexity index is 318. The molecule has 4 atom stereocenters. The van der Waals surface area contributed by atoms with Crippen LogP contribution in [0.3, 0.4) is 0 Å². The number of amides is 1. The van der Waals surface area contributed by atoms with Crippen molar-refractivity contribution in [2.75, 3.05) is 20.1 Å². The van der Waals surface area contributed by atoms with Crippen LogP contribution >= 0.6 is 0 Å². The van der Waals surface area contributed by atoms with Crippen molar-refractivity contribution in [1.29, 1.82) is 0 Å². The molecule has 0 aromatic carbocycles. The third kappa shape index (κ3) is 2.29. The lowest BCUT2D eigenvalue weighted by Crippen LogP contribution is -2.41. The second-order valence-corrected chi connectivity index (χ2v) is 6.58. The summed E-state index contributed by atoms with van der Waals surface area (Å²) in [4.78, 5) is 14.2. The van der Waals surface area contributed by atoms with Crippen LogP contribution in [0, 0.1) is 17.8 Å². The van der Waals surface area contributed by atoms with E-state index in [0.29, 0.717) is 18.5 Å². The SMILES string of the molecule is CNCC(=O)N1CCCC1CC1CC2CCC1C2. The van der Waals surface area contributed by atoms with Gasteiger partial charge in [-0.15, -0.1) is 0 Å². The van der Waals surface area contributed by atoms with Gasteiger partial charge in [0.15, 0.2) is 0 Å². The smallest absolute Gasteiger partial charge is 0.236 e. The Morgan fingerprint density at radius 3 is 2.83 bits per heavy atom. The van der Waals surface area contributed by atoms with Crippen molar-refractivity contribution in [3.63, 3.8) is 0 Å². The zero-order valence-electron chi connectivity index (χ0n) is 11.5. The fourth-order valence-electron chi connectivity index (χ4n) is 4.68. The fraction of sp³-hybridized carbons (Fsp3) is 0.933. The topological polar surface area (TPSA) is 32.3 Å². The van der Waals surface area contributed by atoms with E-state index < -0.39 is 0 Å². The van der Waals surface area contributed by atoms with E-state index >= 15 is 0 Å². The molecule has 2 aliphatic carbocycles. The first-order valence-corrected chi connectivity index (χ1v) is 7.72. The Hall–Kier alpha value is -0.570. The van der Waals surface area contributed by atoms with Gasteiger partial charge in [0.05, 0.1) is 6.54 Å². The number of nitrogens with zero attached hydrogens (tertiary/aromatic N) is 1. The minimum Gasteiger partial charge on any atom is -0.339 e. The van der Waals surface area contributed by atoms with Crippen molar-refractivity contribution in [1.82, 2.24) is 10.2 Å². The molecule has 0 aromatic rings. The predicted molar refractivity (Wildman–Crippen MR) is 72.2 cm³/mol. The third-order valence-corrected chi connectivity index (χ3v) is 5.48. The minimum atomic E-state index is 0.308. The van der Waals surface area contributed by atoms with Crippen LogP contribution in [-0.2, 0) is 4.79 Å². The monoisotopic (exact) mass is 250 g/mol. The molecule has 0 spiro atoms. The normalized spacial score (nSPS) is 38.6. The summed E-state index contributed by atoms with van der Waals surface area (Å²) in [5.74, 6) is 3.26. The summed E-state index contributed by atoms with van der Waals surface area (Å²) in [6.45, 7) is 1.50. The molecule has 3 rings (SSSR count). The first kappa shape index (κ1) is 12.5. The molecule has 1 heterocycles. The molecule has 0 radical (unpaired) electrons. The van der Waals surface area contributed by atoms with Crippen LogP contribution in [0.15, 0.2) is 0 Å². The molecule has 3 fully saturated rings. The van der Waals surface area contributed by atoms with E-state index in [1.54, 1.807) is 0 Å². The van der Waals surface area contributed by atoms with Gasteiger partial charge >= 0.3 is 0 Å². The van der Waals surface area contributed by atoms with Crippen LogP contribution < -0.4 is 5.32 Å². The van der Waals surface area contributed by atoms with Gasteiger partial charge in [0.1, 0.15) is 0 Å². The number of nitrogens with one attached hydrogen (secondary N) is 1. The largest absolute Gasteiger partial charge is 0.339 e. The molecule has 3 nitrogen and oxygen atoms in total. The highest BCUT2D eigenvalue weighted by Gasteiger charge is 2.41. The van der Waals surface area contributed by atoms with Crippen molar-refractivity contribution in [3.8, 4) is 0 Å². The van der Waals surface area contributed by atoms with E-state index in [1.807, 2.05) is 7.05 Å². The number of likely N-dealkylation sites (tertiary alicyclic amines) is 1. The zero-order valence-corrected chi connectivity index (χ0v) is 11.5. The van der Waals surface area contributed by atoms with Gasteiger partial charge < -0.3 is 10.2 Å². The molecule has 1 amide bonds. The van der Waals surface area contributed by atoms with Gasteiger partial charge in [0.25, 0.3) is 0 Å². The molecule has 4 unspecified atom stereocenters. The molecule has 0 aromatic heterocycles. The summed E-state index contributed by atoms with van der Waals surface area (Å²) in [7, 11) is 1.86. The molecule has 1 aliphatic heterocycles. The van der Waals surface area contributed by atoms with Crippen LogP contribution in [0.2, 0.25) is 0 Å². The molecule has 3 heteroatoms. The predicted octanol–water partition coefficient (Wildman–Crippen LogP) is 2.02. The van der Waals surface area contributed by atoms with E-state index in [0.717, 1.165) is 24.3 Å². The van der Waals surface area contributed by atoms with Gasteiger partial charge in [-0.25, -0.2) is 0 Å². The van der Waals surface area contributed by atoms with Gasteiger partial charge in [-0.05, 0) is 63.3 Å². The Balaban J connectivity index is 1.56. The van der Waals surface area contributed by atoms with Gasteiger partial charge in [0, 0.05) is 12.6 Å². The molecule has 1 saturated heterocycles. The van der Waals surface area contributed by atoms with E-state index in [4.69, 9.17) is 0 Å². The third-order valence-electron chi connectivity index (χ3n) is 5.48. The number of hydrogen-bond acceptors (Lipinski definition) is 2. The van der Waals surface area contributed by atoms with Gasteiger partial charge in [-0.3, -0.25) is 4.79 Å². The standard InChI is InChI=1S/C15H26N2O/c1-16-10-15(18)17-6-2-3-14(17)9-13-8-11-4-5-12(13)7-11/h11-14,16H,2-10H2,1H3. The lowest BCUT2D eigenvalue weighted by molar-refractivity contribution is -0.131. The molecule has 2 bridgehead atoms. The Morgan fingerprint density at radius 1 is 1.28 bits per heavy atom. The van der Waals surface area contributed by atoms with Crippen LogP contribution in [0.1, 0.15) is 44.9 Å². The summed E-state index contributed by atoms with van der Waals surface area (Å²) in [6.07, 6.45) is 9.62. The first-order chi connectivity index (χ1) is 8.78. The van der Waals surface area contributed by atoms with Crippen molar-refractivity contribution < 1.29 is 4.79 Å². The van der Waals surface area contributed by atoms with Crippen molar-refractivity contribution >= 4 is 5.91 Å². The highest BCUT2D eigenvalue weighted by atomic mass is 16.2. The van der Waals surface area contributed by atoms with Crippen molar-refractivity contribution in [2.24, 2.45) is 17.8 Å². The second-order valence-electron chi connectivity index (χ2n) is 6.58. The maximum atomic E-state index is 12.1. The zero-order chi connectivity index (χ0) is 12.5. The molecular formula is C15H26N2O. The molecule has 102 valence electrons. The number of likely N-dealkylation sites (N-methyl/N-ethyl adjacent to an activating group) is 1. The summed E-state index contributed by atoms with van der Waals surface area (Å²) in [6, 6.07) is 0.551. The van der Waals surface area contributed by atoms with Crippen LogP contribution in [0.25, 0.3) is 0 Å². The average molecular weight is 250 g/mol. The number of rotatable bonds is 4.